The number of pyridine rings is 2. The predicted octanol–water partition coefficient (Wildman–Crippen LogP) is 8.92. The summed E-state index contributed by atoms with van der Waals surface area (Å²) in [4.78, 5) is 6.93. The average Bonchev–Trinajstić information content (AvgIpc) is 3.14. The highest BCUT2D eigenvalue weighted by Gasteiger charge is 2.39. The highest BCUT2D eigenvalue weighted by molar-refractivity contribution is 7.92. The molecule has 0 N–H and O–H groups in total. The van der Waals surface area contributed by atoms with Crippen LogP contribution in [0.5, 0.6) is 0 Å². The largest absolute Gasteiger partial charge is 0.433 e. The molecule has 0 bridgehead atoms. The molecule has 8 nitrogen and oxygen atoms in total. The van der Waals surface area contributed by atoms with Crippen LogP contribution in [0.4, 0.5) is 39.5 Å². The Morgan fingerprint density at radius 2 is 1.11 bits per heavy atom. The van der Waals surface area contributed by atoms with Crippen molar-refractivity contribution in [1.29, 1.82) is 0 Å². The van der Waals surface area contributed by atoms with Gasteiger partial charge in [-0.3, -0.25) is 9.97 Å². The fraction of sp³-hybridized carbons (Fsp3) is 0.389. The van der Waals surface area contributed by atoms with Gasteiger partial charge in [0, 0.05) is 25.1 Å². The summed E-state index contributed by atoms with van der Waals surface area (Å²) in [5.41, 5.74) is -1.45. The highest BCUT2D eigenvalue weighted by Crippen LogP contribution is 2.38. The smallest absolute Gasteiger partial charge is 0.373 e. The number of sulfone groups is 2. The highest BCUT2D eigenvalue weighted by atomic mass is 32.2. The van der Waals surface area contributed by atoms with Gasteiger partial charge in [-0.25, -0.2) is 16.8 Å². The van der Waals surface area contributed by atoms with Crippen LogP contribution in [0, 0.1) is 6.92 Å². The van der Waals surface area contributed by atoms with Crippen LogP contribution in [0.15, 0.2) is 94.9 Å². The second kappa shape index (κ2) is 16.2. The van der Waals surface area contributed by atoms with Gasteiger partial charge in [-0.1, -0.05) is 24.3 Å². The van der Waals surface area contributed by atoms with Crippen molar-refractivity contribution in [2.24, 2.45) is 0 Å². The van der Waals surface area contributed by atoms with E-state index in [1.54, 1.807) is 6.07 Å². The normalized spacial score (nSPS) is 21.3. The van der Waals surface area contributed by atoms with Crippen LogP contribution in [0.3, 0.4) is 0 Å². The molecule has 2 aromatic heterocycles. The quantitative estimate of drug-likeness (QED) is 0.177. The van der Waals surface area contributed by atoms with Gasteiger partial charge in [0.15, 0.2) is 19.7 Å². The molecule has 0 aliphatic carbocycles. The monoisotopic (exact) mass is 824 g/mol. The molecule has 298 valence electrons. The SMILES string of the molecule is Cc1cccc(C2CC(S(=O)(=O)c3cccc(C(F)(F)F)c3)CCO2)n1.O=S(=O)(c1cccc(C(F)(F)F)c1)C1CCOC(c2ccc(C(F)(F)F)nc2)C1. The maximum atomic E-state index is 12.9. The molecule has 4 aromatic rings. The Balaban J connectivity index is 0.000000212. The molecule has 19 heteroatoms. The van der Waals surface area contributed by atoms with Gasteiger partial charge in [0.2, 0.25) is 0 Å². The molecule has 0 amide bonds. The second-order valence-electron chi connectivity index (χ2n) is 12.8. The third-order valence-corrected chi connectivity index (χ3v) is 13.5. The van der Waals surface area contributed by atoms with E-state index in [9.17, 15) is 56.3 Å². The minimum Gasteiger partial charge on any atom is -0.373 e. The number of aryl methyl sites for hydroxylation is 1. The standard InChI is InChI=1S/C18H15F6NO3S.C18H18F3NO3S/c19-17(20,21)12-2-1-3-13(8-12)29(26,27)14-6-7-28-15(9-14)11-4-5-16(25-10-11)18(22,23)24;1-12-4-2-7-16(22-12)17-11-15(8-9-25-17)26(23,24)14-6-3-5-13(10-14)18(19,20)21/h1-5,8,10,14-15H,6-7,9H2;2-7,10,15,17H,8-9,11H2,1H3. The Morgan fingerprint density at radius 3 is 1.56 bits per heavy atom. The third-order valence-electron chi connectivity index (χ3n) is 9.02. The van der Waals surface area contributed by atoms with Crippen LogP contribution in [0.25, 0.3) is 0 Å². The van der Waals surface area contributed by atoms with E-state index in [1.807, 2.05) is 19.1 Å². The molecule has 0 radical (unpaired) electrons. The van der Waals surface area contributed by atoms with Crippen LogP contribution in [0.2, 0.25) is 0 Å². The number of alkyl halides is 9. The molecule has 2 aliphatic rings. The molecule has 0 spiro atoms. The van der Waals surface area contributed by atoms with Crippen LogP contribution in [-0.2, 0) is 47.7 Å². The Labute approximate surface area is 310 Å². The van der Waals surface area contributed by atoms with E-state index >= 15 is 0 Å². The zero-order valence-electron chi connectivity index (χ0n) is 28.7. The van der Waals surface area contributed by atoms with Gasteiger partial charge in [-0.2, -0.15) is 39.5 Å². The number of ether oxygens (including phenoxy) is 2. The lowest BCUT2D eigenvalue weighted by Gasteiger charge is -2.29. The summed E-state index contributed by atoms with van der Waals surface area (Å²) >= 11 is 0. The van der Waals surface area contributed by atoms with Gasteiger partial charge in [0.05, 0.1) is 43.2 Å². The minimum absolute atomic E-state index is 0.00541. The number of aromatic nitrogens is 2. The topological polar surface area (TPSA) is 113 Å². The molecule has 6 rings (SSSR count). The molecule has 4 atom stereocenters. The van der Waals surface area contributed by atoms with E-state index in [0.29, 0.717) is 17.8 Å². The lowest BCUT2D eigenvalue weighted by atomic mass is 10.0. The summed E-state index contributed by atoms with van der Waals surface area (Å²) in [5, 5.41) is -1.85. The Morgan fingerprint density at radius 1 is 0.618 bits per heavy atom. The van der Waals surface area contributed by atoms with E-state index in [4.69, 9.17) is 9.47 Å². The molecule has 4 heterocycles. The molecule has 4 unspecified atom stereocenters. The van der Waals surface area contributed by atoms with Crippen molar-refractivity contribution in [1.82, 2.24) is 9.97 Å². The summed E-state index contributed by atoms with van der Waals surface area (Å²) in [5.74, 6) is 0. The van der Waals surface area contributed by atoms with Gasteiger partial charge < -0.3 is 9.47 Å². The number of nitrogens with zero attached hydrogens (tertiary/aromatic N) is 2. The fourth-order valence-corrected chi connectivity index (χ4v) is 9.68. The van der Waals surface area contributed by atoms with Gasteiger partial charge in [0.25, 0.3) is 0 Å². The predicted molar refractivity (Wildman–Crippen MR) is 179 cm³/mol. The second-order valence-corrected chi connectivity index (χ2v) is 17.3. The van der Waals surface area contributed by atoms with Gasteiger partial charge in [-0.05, 0) is 92.8 Å². The van der Waals surface area contributed by atoms with E-state index in [1.165, 1.54) is 6.07 Å². The maximum Gasteiger partial charge on any atom is 0.433 e. The van der Waals surface area contributed by atoms with Crippen LogP contribution in [0.1, 0.15) is 71.7 Å². The molecule has 2 aliphatic heterocycles. The minimum atomic E-state index is -4.68. The molecular weight excluding hydrogens is 792 g/mol. The number of rotatable bonds is 6. The number of hydrogen-bond acceptors (Lipinski definition) is 8. The molecule has 55 heavy (non-hydrogen) atoms. The van der Waals surface area contributed by atoms with Crippen LogP contribution >= 0.6 is 0 Å². The first-order chi connectivity index (χ1) is 25.6. The maximum absolute atomic E-state index is 12.9. The van der Waals surface area contributed by atoms with E-state index in [-0.39, 0.29) is 49.4 Å². The van der Waals surface area contributed by atoms with E-state index < -0.39 is 82.6 Å². The zero-order chi connectivity index (χ0) is 40.4. The first kappa shape index (κ1) is 42.1. The van der Waals surface area contributed by atoms with Crippen LogP contribution < -0.4 is 0 Å². The summed E-state index contributed by atoms with van der Waals surface area (Å²) < 4.78 is 178. The van der Waals surface area contributed by atoms with Crippen molar-refractivity contribution in [3.8, 4) is 0 Å². The Kier molecular flexibility index (Phi) is 12.4. The Hall–Kier alpha value is -4.07. The molecular formula is C36H33F9N2O6S2. The van der Waals surface area contributed by atoms with Crippen molar-refractivity contribution >= 4 is 19.7 Å². The van der Waals surface area contributed by atoms with Crippen LogP contribution in [-0.4, -0.2) is 50.5 Å². The van der Waals surface area contributed by atoms with E-state index in [0.717, 1.165) is 54.4 Å². The summed E-state index contributed by atoms with van der Waals surface area (Å²) in [6, 6.07) is 14.7. The van der Waals surface area contributed by atoms with E-state index in [2.05, 4.69) is 9.97 Å². The van der Waals surface area contributed by atoms with Gasteiger partial charge >= 0.3 is 18.5 Å². The van der Waals surface area contributed by atoms with Crippen molar-refractivity contribution in [3.05, 3.63) is 119 Å². The molecule has 2 aromatic carbocycles. The molecule has 0 saturated carbocycles. The van der Waals surface area contributed by atoms with Crippen molar-refractivity contribution in [3.63, 3.8) is 0 Å². The van der Waals surface area contributed by atoms with Gasteiger partial charge in [-0.15, -0.1) is 0 Å². The van der Waals surface area contributed by atoms with Gasteiger partial charge in [0.1, 0.15) is 11.8 Å². The number of halogens is 9. The lowest BCUT2D eigenvalue weighted by molar-refractivity contribution is -0.141. The molecule has 2 saturated heterocycles. The fourth-order valence-electron chi connectivity index (χ4n) is 6.13. The average molecular weight is 825 g/mol. The van der Waals surface area contributed by atoms with Crippen molar-refractivity contribution in [2.45, 2.75) is 83.6 Å². The Bertz CT molecular complexity index is 2180. The summed E-state index contributed by atoms with van der Waals surface area (Å²) in [7, 11) is -8.00. The van der Waals surface area contributed by atoms with Crippen molar-refractivity contribution in [2.75, 3.05) is 13.2 Å². The lowest BCUT2D eigenvalue weighted by Crippen LogP contribution is -2.31. The number of benzene rings is 2. The summed E-state index contributed by atoms with van der Waals surface area (Å²) in [6.07, 6.45) is -13.9. The first-order valence-corrected chi connectivity index (χ1v) is 19.7. The van der Waals surface area contributed by atoms with Crippen molar-refractivity contribution < 1.29 is 65.8 Å². The zero-order valence-corrected chi connectivity index (χ0v) is 30.3. The number of hydrogen-bond donors (Lipinski definition) is 0. The summed E-state index contributed by atoms with van der Waals surface area (Å²) in [6.45, 7) is 2.03. The first-order valence-electron chi connectivity index (χ1n) is 16.6. The molecule has 2 fully saturated rings. The third kappa shape index (κ3) is 10.2.